The Morgan fingerprint density at radius 2 is 2.19 bits per heavy atom. The average Bonchev–Trinajstić information content (AvgIpc) is 2.13. The second-order valence-electron chi connectivity index (χ2n) is 3.03. The Bertz CT molecular complexity index is 403. The molecule has 0 saturated carbocycles. The fraction of sp³-hybridized carbons (Fsp3) is 0.333. The van der Waals surface area contributed by atoms with Crippen molar-refractivity contribution in [2.24, 2.45) is 0 Å². The van der Waals surface area contributed by atoms with E-state index in [1.165, 1.54) is 6.92 Å². The predicted octanol–water partition coefficient (Wildman–Crippen LogP) is 2.03. The van der Waals surface area contributed by atoms with Crippen LogP contribution in [0, 0.1) is 6.92 Å². The van der Waals surface area contributed by atoms with Crippen LogP contribution in [0.2, 0.25) is 0 Å². The number of alkyl halides is 3. The summed E-state index contributed by atoms with van der Waals surface area (Å²) >= 11 is 0. The van der Waals surface area contributed by atoms with Gasteiger partial charge in [-0.2, -0.15) is 13.2 Å². The number of hydrogen-bond acceptors (Lipinski definition) is 3. The first-order valence-corrected chi connectivity index (χ1v) is 4.19. The molecule has 1 N–H and O–H groups in total. The molecule has 16 heavy (non-hydrogen) atoms. The van der Waals surface area contributed by atoms with E-state index in [0.29, 0.717) is 5.69 Å². The zero-order valence-electron chi connectivity index (χ0n) is 8.21. The molecule has 0 spiro atoms. The maximum Gasteiger partial charge on any atom is 0.422 e. The van der Waals surface area contributed by atoms with Crippen molar-refractivity contribution in [1.82, 2.24) is 4.98 Å². The lowest BCUT2D eigenvalue weighted by molar-refractivity contribution is -0.153. The summed E-state index contributed by atoms with van der Waals surface area (Å²) in [4.78, 5) is 14.3. The predicted molar refractivity (Wildman–Crippen MR) is 47.5 cm³/mol. The van der Waals surface area contributed by atoms with Crippen LogP contribution in [0.15, 0.2) is 12.3 Å². The van der Waals surface area contributed by atoms with Crippen LogP contribution in [-0.4, -0.2) is 28.8 Å². The molecule has 0 bridgehead atoms. The van der Waals surface area contributed by atoms with E-state index < -0.39 is 24.3 Å². The molecular weight excluding hydrogens is 227 g/mol. The molecule has 1 aromatic heterocycles. The zero-order chi connectivity index (χ0) is 12.3. The molecule has 0 aromatic carbocycles. The summed E-state index contributed by atoms with van der Waals surface area (Å²) in [6.45, 7) is -0.0111. The number of nitrogens with zero attached hydrogens (tertiary/aromatic N) is 1. The van der Waals surface area contributed by atoms with Crippen LogP contribution in [0.5, 0.6) is 5.75 Å². The third-order valence-corrected chi connectivity index (χ3v) is 1.62. The summed E-state index contributed by atoms with van der Waals surface area (Å²) in [6, 6.07) is 1.15. The van der Waals surface area contributed by atoms with Gasteiger partial charge in [-0.1, -0.05) is 0 Å². The third-order valence-electron chi connectivity index (χ3n) is 1.62. The molecule has 0 aliphatic carbocycles. The van der Waals surface area contributed by atoms with Crippen LogP contribution < -0.4 is 4.74 Å². The van der Waals surface area contributed by atoms with Gasteiger partial charge in [-0.25, -0.2) is 4.79 Å². The Labute approximate surface area is 88.7 Å². The third kappa shape index (κ3) is 3.41. The van der Waals surface area contributed by atoms with E-state index in [-0.39, 0.29) is 5.75 Å². The highest BCUT2D eigenvalue weighted by atomic mass is 19.4. The van der Waals surface area contributed by atoms with Gasteiger partial charge in [0.15, 0.2) is 6.61 Å². The fourth-order valence-corrected chi connectivity index (χ4v) is 0.974. The van der Waals surface area contributed by atoms with Crippen LogP contribution >= 0.6 is 0 Å². The Hall–Kier alpha value is -1.79. The molecule has 1 aromatic rings. The molecule has 4 nitrogen and oxygen atoms in total. The number of pyridine rings is 1. The molecule has 0 fully saturated rings. The number of aryl methyl sites for hydroxylation is 1. The highest BCUT2D eigenvalue weighted by molar-refractivity contribution is 5.90. The van der Waals surface area contributed by atoms with Crippen molar-refractivity contribution in [3.05, 3.63) is 23.5 Å². The Balaban J connectivity index is 2.93. The van der Waals surface area contributed by atoms with Gasteiger partial charge in [0, 0.05) is 18.0 Å². The normalized spacial score (nSPS) is 11.2. The lowest BCUT2D eigenvalue weighted by Gasteiger charge is -2.11. The summed E-state index contributed by atoms with van der Waals surface area (Å²) in [5.74, 6) is -1.72. The second kappa shape index (κ2) is 4.38. The van der Waals surface area contributed by atoms with Gasteiger partial charge in [0.2, 0.25) is 0 Å². The Kier molecular flexibility index (Phi) is 3.36. The number of hydrogen-bond donors (Lipinski definition) is 1. The number of ether oxygens (including phenoxy) is 1. The highest BCUT2D eigenvalue weighted by Gasteiger charge is 2.29. The first-order valence-electron chi connectivity index (χ1n) is 4.19. The van der Waals surface area contributed by atoms with Crippen LogP contribution in [0.1, 0.15) is 16.1 Å². The number of carboxylic acids is 1. The van der Waals surface area contributed by atoms with Crippen LogP contribution in [0.3, 0.4) is 0 Å². The topological polar surface area (TPSA) is 59.4 Å². The van der Waals surface area contributed by atoms with Crippen LogP contribution in [-0.2, 0) is 0 Å². The minimum atomic E-state index is -4.51. The van der Waals surface area contributed by atoms with Gasteiger partial charge in [-0.3, -0.25) is 4.98 Å². The Morgan fingerprint density at radius 3 is 2.69 bits per heavy atom. The quantitative estimate of drug-likeness (QED) is 0.870. The fourth-order valence-electron chi connectivity index (χ4n) is 0.974. The lowest BCUT2D eigenvalue weighted by Crippen LogP contribution is -2.20. The maximum absolute atomic E-state index is 11.9. The van der Waals surface area contributed by atoms with E-state index in [1.54, 1.807) is 0 Å². The molecule has 0 radical (unpaired) electrons. The smallest absolute Gasteiger partial charge is 0.422 e. The van der Waals surface area contributed by atoms with Gasteiger partial charge in [0.1, 0.15) is 11.3 Å². The highest BCUT2D eigenvalue weighted by Crippen LogP contribution is 2.22. The molecule has 7 heteroatoms. The number of aromatic nitrogens is 1. The van der Waals surface area contributed by atoms with Gasteiger partial charge in [-0.15, -0.1) is 0 Å². The van der Waals surface area contributed by atoms with E-state index in [9.17, 15) is 18.0 Å². The van der Waals surface area contributed by atoms with Crippen molar-refractivity contribution in [2.45, 2.75) is 13.1 Å². The van der Waals surface area contributed by atoms with E-state index in [4.69, 9.17) is 5.11 Å². The Morgan fingerprint density at radius 1 is 1.56 bits per heavy atom. The number of rotatable bonds is 3. The van der Waals surface area contributed by atoms with Crippen molar-refractivity contribution in [3.8, 4) is 5.75 Å². The van der Waals surface area contributed by atoms with Crippen molar-refractivity contribution >= 4 is 5.97 Å². The monoisotopic (exact) mass is 235 g/mol. The largest absolute Gasteiger partial charge is 0.483 e. The number of carboxylic acid groups (broad SMARTS) is 1. The van der Waals surface area contributed by atoms with E-state index in [2.05, 4.69) is 9.72 Å². The van der Waals surface area contributed by atoms with Crippen LogP contribution in [0.4, 0.5) is 13.2 Å². The van der Waals surface area contributed by atoms with Crippen LogP contribution in [0.25, 0.3) is 0 Å². The molecule has 0 saturated heterocycles. The molecule has 1 heterocycles. The molecule has 1 rings (SSSR count). The number of aromatic carboxylic acids is 1. The van der Waals surface area contributed by atoms with Crippen molar-refractivity contribution < 1.29 is 27.8 Å². The molecular formula is C9H8F3NO3. The maximum atomic E-state index is 11.9. The van der Waals surface area contributed by atoms with Gasteiger partial charge in [-0.05, 0) is 6.92 Å². The summed E-state index contributed by atoms with van der Waals surface area (Å²) in [7, 11) is 0. The van der Waals surface area contributed by atoms with Crippen molar-refractivity contribution in [2.75, 3.05) is 6.61 Å². The summed E-state index contributed by atoms with van der Waals surface area (Å²) in [6.07, 6.45) is -3.55. The lowest BCUT2D eigenvalue weighted by atomic mass is 10.2. The second-order valence-corrected chi connectivity index (χ2v) is 3.03. The zero-order valence-corrected chi connectivity index (χ0v) is 8.21. The molecule has 88 valence electrons. The molecule has 0 unspecified atom stereocenters. The van der Waals surface area contributed by atoms with Gasteiger partial charge in [0.25, 0.3) is 0 Å². The van der Waals surface area contributed by atoms with Crippen molar-refractivity contribution in [3.63, 3.8) is 0 Å². The summed E-state index contributed by atoms with van der Waals surface area (Å²) < 4.78 is 40.1. The molecule has 0 aliphatic rings. The first kappa shape index (κ1) is 12.3. The van der Waals surface area contributed by atoms with Gasteiger partial charge < -0.3 is 9.84 Å². The minimum Gasteiger partial charge on any atom is -0.483 e. The van der Waals surface area contributed by atoms with Crippen molar-refractivity contribution in [1.29, 1.82) is 0 Å². The molecule has 0 amide bonds. The average molecular weight is 235 g/mol. The SMILES string of the molecule is Cc1cc(OCC(F)(F)F)c(C(=O)O)cn1. The summed E-state index contributed by atoms with van der Waals surface area (Å²) in [5, 5.41) is 8.68. The molecule has 0 aliphatic heterocycles. The minimum absolute atomic E-state index is 0.336. The number of carbonyl (C=O) groups is 1. The first-order chi connectivity index (χ1) is 7.29. The molecule has 0 atom stereocenters. The van der Waals surface area contributed by atoms with E-state index >= 15 is 0 Å². The van der Waals surface area contributed by atoms with Gasteiger partial charge in [0.05, 0.1) is 0 Å². The summed E-state index contributed by atoms with van der Waals surface area (Å²) in [5.41, 5.74) is -0.0166. The van der Waals surface area contributed by atoms with E-state index in [1.807, 2.05) is 0 Å². The number of halogens is 3. The van der Waals surface area contributed by atoms with E-state index in [0.717, 1.165) is 12.3 Å². The van der Waals surface area contributed by atoms with Gasteiger partial charge >= 0.3 is 12.1 Å². The standard InChI is InChI=1S/C9H8F3NO3/c1-5-2-7(16-4-9(10,11)12)6(3-13-5)8(14)15/h2-3H,4H2,1H3,(H,14,15).